The van der Waals surface area contributed by atoms with Gasteiger partial charge in [-0.1, -0.05) is 27.2 Å². The SMILES string of the molecule is CCCNC(CC)C(CCC)OCC. The van der Waals surface area contributed by atoms with E-state index in [0.717, 1.165) is 19.6 Å². The van der Waals surface area contributed by atoms with Crippen molar-refractivity contribution >= 4 is 0 Å². The van der Waals surface area contributed by atoms with Crippen LogP contribution >= 0.6 is 0 Å². The first-order valence-corrected chi connectivity index (χ1v) is 6.14. The lowest BCUT2D eigenvalue weighted by Crippen LogP contribution is -2.41. The lowest BCUT2D eigenvalue weighted by molar-refractivity contribution is 0.0272. The molecule has 0 aliphatic carbocycles. The molecule has 0 fully saturated rings. The van der Waals surface area contributed by atoms with Crippen molar-refractivity contribution in [1.29, 1.82) is 0 Å². The van der Waals surface area contributed by atoms with E-state index in [1.165, 1.54) is 19.3 Å². The molecule has 2 atom stereocenters. The van der Waals surface area contributed by atoms with Crippen molar-refractivity contribution < 1.29 is 4.74 Å². The molecule has 0 aromatic carbocycles. The molecule has 0 saturated carbocycles. The van der Waals surface area contributed by atoms with Crippen LogP contribution in [0.15, 0.2) is 0 Å². The van der Waals surface area contributed by atoms with Crippen LogP contribution in [0.4, 0.5) is 0 Å². The molecule has 0 aromatic rings. The Morgan fingerprint density at radius 3 is 2.21 bits per heavy atom. The Kier molecular flexibility index (Phi) is 9.42. The Morgan fingerprint density at radius 2 is 1.79 bits per heavy atom. The monoisotopic (exact) mass is 201 g/mol. The summed E-state index contributed by atoms with van der Waals surface area (Å²) in [6.45, 7) is 10.7. The van der Waals surface area contributed by atoms with E-state index in [2.05, 4.69) is 33.0 Å². The standard InChI is InChI=1S/C12H27NO/c1-5-9-12(14-8-4)11(7-3)13-10-6-2/h11-13H,5-10H2,1-4H3. The largest absolute Gasteiger partial charge is 0.377 e. The highest BCUT2D eigenvalue weighted by molar-refractivity contribution is 4.75. The van der Waals surface area contributed by atoms with E-state index in [-0.39, 0.29) is 0 Å². The quantitative estimate of drug-likeness (QED) is 0.619. The second-order valence-corrected chi connectivity index (χ2v) is 3.75. The molecule has 0 spiro atoms. The Hall–Kier alpha value is -0.0800. The van der Waals surface area contributed by atoms with Crippen molar-refractivity contribution in [3.8, 4) is 0 Å². The summed E-state index contributed by atoms with van der Waals surface area (Å²) >= 11 is 0. The summed E-state index contributed by atoms with van der Waals surface area (Å²) < 4.78 is 5.77. The van der Waals surface area contributed by atoms with Crippen molar-refractivity contribution in [3.63, 3.8) is 0 Å². The third kappa shape index (κ3) is 5.61. The average Bonchev–Trinajstić information content (AvgIpc) is 2.19. The van der Waals surface area contributed by atoms with Crippen molar-refractivity contribution in [3.05, 3.63) is 0 Å². The molecule has 1 N–H and O–H groups in total. The minimum atomic E-state index is 0.404. The Morgan fingerprint density at radius 1 is 1.07 bits per heavy atom. The highest BCUT2D eigenvalue weighted by Crippen LogP contribution is 2.10. The van der Waals surface area contributed by atoms with E-state index in [9.17, 15) is 0 Å². The first-order chi connectivity index (χ1) is 6.79. The second-order valence-electron chi connectivity index (χ2n) is 3.75. The van der Waals surface area contributed by atoms with Gasteiger partial charge in [0, 0.05) is 12.6 Å². The van der Waals surface area contributed by atoms with Crippen LogP contribution in [0, 0.1) is 0 Å². The zero-order chi connectivity index (χ0) is 10.8. The molecule has 0 radical (unpaired) electrons. The molecule has 2 unspecified atom stereocenters. The van der Waals surface area contributed by atoms with E-state index in [4.69, 9.17) is 4.74 Å². The smallest absolute Gasteiger partial charge is 0.0727 e. The third-order valence-electron chi connectivity index (χ3n) is 2.50. The molecule has 86 valence electrons. The van der Waals surface area contributed by atoms with Gasteiger partial charge in [0.05, 0.1) is 6.10 Å². The van der Waals surface area contributed by atoms with Crippen molar-refractivity contribution in [2.45, 2.75) is 65.5 Å². The van der Waals surface area contributed by atoms with Crippen LogP contribution in [-0.4, -0.2) is 25.3 Å². The van der Waals surface area contributed by atoms with E-state index in [0.29, 0.717) is 12.1 Å². The van der Waals surface area contributed by atoms with Gasteiger partial charge < -0.3 is 10.1 Å². The van der Waals surface area contributed by atoms with Gasteiger partial charge in [-0.2, -0.15) is 0 Å². The maximum atomic E-state index is 5.77. The van der Waals surface area contributed by atoms with Crippen molar-refractivity contribution in [1.82, 2.24) is 5.32 Å². The van der Waals surface area contributed by atoms with Crippen LogP contribution in [0.5, 0.6) is 0 Å². The van der Waals surface area contributed by atoms with Gasteiger partial charge in [0.2, 0.25) is 0 Å². The Labute approximate surface area is 89.4 Å². The highest BCUT2D eigenvalue weighted by atomic mass is 16.5. The zero-order valence-corrected chi connectivity index (χ0v) is 10.3. The minimum absolute atomic E-state index is 0.404. The van der Waals surface area contributed by atoms with E-state index in [1.54, 1.807) is 0 Å². The molecule has 0 heterocycles. The topological polar surface area (TPSA) is 21.3 Å². The summed E-state index contributed by atoms with van der Waals surface area (Å²) in [7, 11) is 0. The predicted octanol–water partition coefficient (Wildman–Crippen LogP) is 2.97. The Balaban J connectivity index is 3.96. The molecule has 2 nitrogen and oxygen atoms in total. The van der Waals surface area contributed by atoms with Crippen LogP contribution in [0.3, 0.4) is 0 Å². The fraction of sp³-hybridized carbons (Fsp3) is 1.00. The van der Waals surface area contributed by atoms with Gasteiger partial charge in [-0.15, -0.1) is 0 Å². The molecule has 14 heavy (non-hydrogen) atoms. The summed E-state index contributed by atoms with van der Waals surface area (Å²) in [5, 5.41) is 3.56. The van der Waals surface area contributed by atoms with Gasteiger partial charge in [-0.25, -0.2) is 0 Å². The van der Waals surface area contributed by atoms with Gasteiger partial charge in [0.15, 0.2) is 0 Å². The number of hydrogen-bond donors (Lipinski definition) is 1. The van der Waals surface area contributed by atoms with Gasteiger partial charge in [0.25, 0.3) is 0 Å². The second kappa shape index (κ2) is 9.47. The van der Waals surface area contributed by atoms with Crippen LogP contribution in [0.2, 0.25) is 0 Å². The molecule has 0 bridgehead atoms. The normalized spacial score (nSPS) is 15.4. The van der Waals surface area contributed by atoms with Gasteiger partial charge in [-0.3, -0.25) is 0 Å². The first-order valence-electron chi connectivity index (χ1n) is 6.14. The van der Waals surface area contributed by atoms with Crippen molar-refractivity contribution in [2.24, 2.45) is 0 Å². The first kappa shape index (κ1) is 13.9. The summed E-state index contributed by atoms with van der Waals surface area (Å²) in [5.41, 5.74) is 0. The molecule has 0 aliphatic heterocycles. The fourth-order valence-electron chi connectivity index (χ4n) is 1.77. The molecule has 0 saturated heterocycles. The van der Waals surface area contributed by atoms with Crippen LogP contribution in [0.1, 0.15) is 53.4 Å². The molecular formula is C12H27NO. The molecule has 0 aliphatic rings. The fourth-order valence-corrected chi connectivity index (χ4v) is 1.77. The number of ether oxygens (including phenoxy) is 1. The summed E-state index contributed by atoms with van der Waals surface area (Å²) in [4.78, 5) is 0. The zero-order valence-electron chi connectivity index (χ0n) is 10.3. The van der Waals surface area contributed by atoms with Crippen molar-refractivity contribution in [2.75, 3.05) is 13.2 Å². The van der Waals surface area contributed by atoms with Gasteiger partial charge >= 0.3 is 0 Å². The van der Waals surface area contributed by atoms with Gasteiger partial charge in [0.1, 0.15) is 0 Å². The Bertz CT molecular complexity index is 111. The van der Waals surface area contributed by atoms with Crippen LogP contribution < -0.4 is 5.32 Å². The van der Waals surface area contributed by atoms with E-state index >= 15 is 0 Å². The summed E-state index contributed by atoms with van der Waals surface area (Å²) in [5.74, 6) is 0. The molecule has 2 heteroatoms. The molecular weight excluding hydrogens is 174 g/mol. The minimum Gasteiger partial charge on any atom is -0.377 e. The third-order valence-corrected chi connectivity index (χ3v) is 2.50. The number of nitrogens with one attached hydrogen (secondary N) is 1. The van der Waals surface area contributed by atoms with E-state index in [1.807, 2.05) is 0 Å². The lowest BCUT2D eigenvalue weighted by Gasteiger charge is -2.26. The maximum absolute atomic E-state index is 5.77. The molecule has 0 aromatic heterocycles. The van der Waals surface area contributed by atoms with E-state index < -0.39 is 0 Å². The lowest BCUT2D eigenvalue weighted by atomic mass is 10.0. The maximum Gasteiger partial charge on any atom is 0.0727 e. The average molecular weight is 201 g/mol. The van der Waals surface area contributed by atoms with Crippen LogP contribution in [0.25, 0.3) is 0 Å². The predicted molar refractivity (Wildman–Crippen MR) is 62.7 cm³/mol. The summed E-state index contributed by atoms with van der Waals surface area (Å²) in [6.07, 6.45) is 5.13. The number of hydrogen-bond acceptors (Lipinski definition) is 2. The molecule has 0 rings (SSSR count). The highest BCUT2D eigenvalue weighted by Gasteiger charge is 2.18. The summed E-state index contributed by atoms with van der Waals surface area (Å²) in [6, 6.07) is 0.537. The van der Waals surface area contributed by atoms with Gasteiger partial charge in [-0.05, 0) is 32.7 Å². The molecule has 0 amide bonds. The number of rotatable bonds is 9. The van der Waals surface area contributed by atoms with Crippen LogP contribution in [-0.2, 0) is 4.74 Å².